The van der Waals surface area contributed by atoms with E-state index in [-0.39, 0.29) is 6.10 Å². The second kappa shape index (κ2) is 1.80. The van der Waals surface area contributed by atoms with Gasteiger partial charge in [-0.25, -0.2) is 0 Å². The second-order valence-corrected chi connectivity index (χ2v) is 2.04. The van der Waals surface area contributed by atoms with Crippen molar-refractivity contribution in [1.82, 2.24) is 0 Å². The summed E-state index contributed by atoms with van der Waals surface area (Å²) in [6.45, 7) is 2.63. The number of ether oxygens (including phenoxy) is 1. The topological polar surface area (TPSA) is 32.8 Å². The highest BCUT2D eigenvalue weighted by Crippen LogP contribution is 2.14. The summed E-state index contributed by atoms with van der Waals surface area (Å²) in [5.74, 6) is 0. The van der Waals surface area contributed by atoms with E-state index in [1.807, 2.05) is 0 Å². The first kappa shape index (κ1) is 5.06. The van der Waals surface area contributed by atoms with Crippen LogP contribution in [-0.2, 0) is 4.74 Å². The molecule has 0 aromatic heterocycles. The first-order valence-electron chi connectivity index (χ1n) is 2.58. The molecule has 2 nitrogen and oxygen atoms in total. The van der Waals surface area contributed by atoms with Gasteiger partial charge in [0.2, 0.25) is 0 Å². The zero-order valence-electron chi connectivity index (χ0n) is 4.42. The van der Waals surface area contributed by atoms with Crippen molar-refractivity contribution in [3.63, 3.8) is 0 Å². The lowest BCUT2D eigenvalue weighted by molar-refractivity contribution is 0.170. The molecule has 1 fully saturated rings. The summed E-state index contributed by atoms with van der Waals surface area (Å²) in [7, 11) is 0. The minimum atomic E-state index is -0.188. The average Bonchev–Trinajstić information content (AvgIpc) is 2.17. The summed E-state index contributed by atoms with van der Waals surface area (Å²) >= 11 is 0. The SMILES string of the molecule is C[C@@H](O)CC1CO1. The molecule has 0 aromatic rings. The molecule has 1 unspecified atom stereocenters. The minimum absolute atomic E-state index is 0.188. The molecule has 1 N–H and O–H groups in total. The Kier molecular flexibility index (Phi) is 1.30. The van der Waals surface area contributed by atoms with E-state index >= 15 is 0 Å². The van der Waals surface area contributed by atoms with Gasteiger partial charge in [0.25, 0.3) is 0 Å². The summed E-state index contributed by atoms with van der Waals surface area (Å²) in [5.41, 5.74) is 0. The van der Waals surface area contributed by atoms with Crippen molar-refractivity contribution in [2.24, 2.45) is 0 Å². The van der Waals surface area contributed by atoms with E-state index in [1.165, 1.54) is 0 Å². The Morgan fingerprint density at radius 3 is 2.71 bits per heavy atom. The molecule has 1 saturated heterocycles. The van der Waals surface area contributed by atoms with E-state index in [1.54, 1.807) is 6.92 Å². The van der Waals surface area contributed by atoms with Gasteiger partial charge in [-0.15, -0.1) is 0 Å². The predicted octanol–water partition coefficient (Wildman–Crippen LogP) is 0.156. The summed E-state index contributed by atoms with van der Waals surface area (Å²) < 4.78 is 4.86. The molecule has 0 saturated carbocycles. The Hall–Kier alpha value is -0.0800. The van der Waals surface area contributed by atoms with Gasteiger partial charge in [0.05, 0.1) is 18.8 Å². The normalized spacial score (nSPS) is 32.6. The highest BCUT2D eigenvalue weighted by atomic mass is 16.6. The number of aliphatic hydroxyl groups excluding tert-OH is 1. The monoisotopic (exact) mass is 102 g/mol. The van der Waals surface area contributed by atoms with Crippen LogP contribution in [0.15, 0.2) is 0 Å². The van der Waals surface area contributed by atoms with E-state index in [0.29, 0.717) is 6.10 Å². The number of hydrogen-bond donors (Lipinski definition) is 1. The maximum atomic E-state index is 8.68. The smallest absolute Gasteiger partial charge is 0.0834 e. The first-order valence-corrected chi connectivity index (χ1v) is 2.58. The summed E-state index contributed by atoms with van der Waals surface area (Å²) in [6.07, 6.45) is 0.993. The number of hydrogen-bond acceptors (Lipinski definition) is 2. The molecule has 0 bridgehead atoms. The highest BCUT2D eigenvalue weighted by Gasteiger charge is 2.23. The fraction of sp³-hybridized carbons (Fsp3) is 1.00. The van der Waals surface area contributed by atoms with Gasteiger partial charge in [0.15, 0.2) is 0 Å². The Bertz CT molecular complexity index is 57.1. The van der Waals surface area contributed by atoms with Crippen LogP contribution >= 0.6 is 0 Å². The summed E-state index contributed by atoms with van der Waals surface area (Å²) in [5, 5.41) is 8.68. The Morgan fingerprint density at radius 1 is 2.00 bits per heavy atom. The molecule has 1 aliphatic rings. The van der Waals surface area contributed by atoms with Crippen LogP contribution < -0.4 is 0 Å². The molecule has 2 atom stereocenters. The van der Waals surface area contributed by atoms with Crippen LogP contribution in [0.3, 0.4) is 0 Å². The molecule has 0 aliphatic carbocycles. The highest BCUT2D eigenvalue weighted by molar-refractivity contribution is 4.70. The molecule has 42 valence electrons. The van der Waals surface area contributed by atoms with Crippen LogP contribution in [0.5, 0.6) is 0 Å². The lowest BCUT2D eigenvalue weighted by Crippen LogP contribution is -2.02. The second-order valence-electron chi connectivity index (χ2n) is 2.04. The zero-order chi connectivity index (χ0) is 5.28. The third-order valence-electron chi connectivity index (χ3n) is 1.01. The fourth-order valence-corrected chi connectivity index (χ4v) is 0.585. The van der Waals surface area contributed by atoms with Crippen LogP contribution in [0, 0.1) is 0 Å². The van der Waals surface area contributed by atoms with E-state index < -0.39 is 0 Å². The molecule has 1 aliphatic heterocycles. The van der Waals surface area contributed by atoms with Crippen LogP contribution in [0.25, 0.3) is 0 Å². The van der Waals surface area contributed by atoms with Crippen LogP contribution in [0.1, 0.15) is 13.3 Å². The van der Waals surface area contributed by atoms with E-state index in [0.717, 1.165) is 13.0 Å². The molecule has 0 spiro atoms. The number of aliphatic hydroxyl groups is 1. The first-order chi connectivity index (χ1) is 3.29. The number of epoxide rings is 1. The third-order valence-corrected chi connectivity index (χ3v) is 1.01. The van der Waals surface area contributed by atoms with Gasteiger partial charge in [0, 0.05) is 6.42 Å². The Balaban J connectivity index is 1.97. The van der Waals surface area contributed by atoms with Crippen molar-refractivity contribution < 1.29 is 9.84 Å². The lowest BCUT2D eigenvalue weighted by atomic mass is 10.2. The zero-order valence-corrected chi connectivity index (χ0v) is 4.42. The molecular weight excluding hydrogens is 92.1 g/mol. The number of rotatable bonds is 2. The molecule has 1 heterocycles. The maximum absolute atomic E-state index is 8.68. The average molecular weight is 102 g/mol. The molecule has 2 heteroatoms. The molecular formula is C5H10O2. The van der Waals surface area contributed by atoms with Crippen LogP contribution in [0.4, 0.5) is 0 Å². The minimum Gasteiger partial charge on any atom is -0.393 e. The van der Waals surface area contributed by atoms with E-state index in [2.05, 4.69) is 0 Å². The summed E-state index contributed by atoms with van der Waals surface area (Å²) in [4.78, 5) is 0. The fourth-order valence-electron chi connectivity index (χ4n) is 0.585. The van der Waals surface area contributed by atoms with Crippen LogP contribution in [0.2, 0.25) is 0 Å². The lowest BCUT2D eigenvalue weighted by Gasteiger charge is -1.95. The molecule has 1 rings (SSSR count). The van der Waals surface area contributed by atoms with Crippen LogP contribution in [-0.4, -0.2) is 23.9 Å². The quantitative estimate of drug-likeness (QED) is 0.503. The largest absolute Gasteiger partial charge is 0.393 e. The molecule has 0 amide bonds. The van der Waals surface area contributed by atoms with Gasteiger partial charge in [0.1, 0.15) is 0 Å². The van der Waals surface area contributed by atoms with Crippen molar-refractivity contribution in [2.75, 3.05) is 6.61 Å². The Morgan fingerprint density at radius 2 is 2.57 bits per heavy atom. The van der Waals surface area contributed by atoms with Crippen molar-refractivity contribution in [1.29, 1.82) is 0 Å². The standard InChI is InChI=1S/C5H10O2/c1-4(6)2-5-3-7-5/h4-6H,2-3H2,1H3/t4-,5?/m1/s1. The molecule has 7 heavy (non-hydrogen) atoms. The maximum Gasteiger partial charge on any atom is 0.0834 e. The van der Waals surface area contributed by atoms with Crippen molar-refractivity contribution in [2.45, 2.75) is 25.6 Å². The van der Waals surface area contributed by atoms with Crippen molar-refractivity contribution in [3.8, 4) is 0 Å². The van der Waals surface area contributed by atoms with Gasteiger partial charge in [-0.2, -0.15) is 0 Å². The van der Waals surface area contributed by atoms with Gasteiger partial charge in [-0.05, 0) is 6.92 Å². The van der Waals surface area contributed by atoms with Gasteiger partial charge >= 0.3 is 0 Å². The Labute approximate surface area is 43.1 Å². The third kappa shape index (κ3) is 1.90. The van der Waals surface area contributed by atoms with Crippen molar-refractivity contribution >= 4 is 0 Å². The predicted molar refractivity (Wildman–Crippen MR) is 26.0 cm³/mol. The van der Waals surface area contributed by atoms with Gasteiger partial charge < -0.3 is 9.84 Å². The van der Waals surface area contributed by atoms with E-state index in [9.17, 15) is 0 Å². The van der Waals surface area contributed by atoms with Gasteiger partial charge in [-0.1, -0.05) is 0 Å². The summed E-state index contributed by atoms with van der Waals surface area (Å²) in [6, 6.07) is 0. The molecule has 0 aromatic carbocycles. The van der Waals surface area contributed by atoms with E-state index in [4.69, 9.17) is 9.84 Å². The molecule has 0 radical (unpaired) electrons. The van der Waals surface area contributed by atoms with Gasteiger partial charge in [-0.3, -0.25) is 0 Å². The van der Waals surface area contributed by atoms with Crippen molar-refractivity contribution in [3.05, 3.63) is 0 Å².